The van der Waals surface area contributed by atoms with Crippen LogP contribution in [0.25, 0.3) is 0 Å². The molecule has 0 radical (unpaired) electrons. The number of nitrogens with one attached hydrogen (secondary N) is 1. The molecular formula is C12H15NO3. The second-order valence-corrected chi connectivity index (χ2v) is 3.52. The fourth-order valence-corrected chi connectivity index (χ4v) is 1.38. The van der Waals surface area contributed by atoms with Crippen molar-refractivity contribution in [2.24, 2.45) is 0 Å². The molecule has 1 unspecified atom stereocenters. The molecule has 0 aliphatic carbocycles. The third-order valence-corrected chi connectivity index (χ3v) is 2.22. The number of carbonyl (C=O) groups is 2. The second-order valence-electron chi connectivity index (χ2n) is 3.52. The maximum Gasteiger partial charge on any atom is 0.326 e. The molecule has 0 saturated heterocycles. The SMILES string of the molecule is CCCC(NC(=O)c1ccccc1)C(=O)O. The summed E-state index contributed by atoms with van der Waals surface area (Å²) in [7, 11) is 0. The van der Waals surface area contributed by atoms with Gasteiger partial charge < -0.3 is 10.4 Å². The fraction of sp³-hybridized carbons (Fsp3) is 0.333. The van der Waals surface area contributed by atoms with Gasteiger partial charge in [0, 0.05) is 5.56 Å². The molecule has 1 atom stereocenters. The number of hydrogen-bond acceptors (Lipinski definition) is 2. The molecule has 2 N–H and O–H groups in total. The summed E-state index contributed by atoms with van der Waals surface area (Å²) in [5, 5.41) is 11.4. The van der Waals surface area contributed by atoms with Gasteiger partial charge in [-0.2, -0.15) is 0 Å². The number of carbonyl (C=O) groups excluding carboxylic acids is 1. The van der Waals surface area contributed by atoms with Gasteiger partial charge in [-0.1, -0.05) is 31.5 Å². The van der Waals surface area contributed by atoms with Gasteiger partial charge in [0.25, 0.3) is 5.91 Å². The Balaban J connectivity index is 2.65. The van der Waals surface area contributed by atoms with Crippen molar-refractivity contribution in [3.63, 3.8) is 0 Å². The molecular weight excluding hydrogens is 206 g/mol. The summed E-state index contributed by atoms with van der Waals surface area (Å²) in [5.41, 5.74) is 0.477. The van der Waals surface area contributed by atoms with Gasteiger partial charge >= 0.3 is 5.97 Å². The molecule has 0 aliphatic rings. The molecule has 1 amide bonds. The molecule has 0 fully saturated rings. The Bertz CT molecular complexity index is 362. The Morgan fingerprint density at radius 3 is 2.44 bits per heavy atom. The predicted octanol–water partition coefficient (Wildman–Crippen LogP) is 1.67. The third-order valence-electron chi connectivity index (χ3n) is 2.22. The molecule has 0 bridgehead atoms. The summed E-state index contributed by atoms with van der Waals surface area (Å²) in [6, 6.07) is 7.78. The smallest absolute Gasteiger partial charge is 0.326 e. The predicted molar refractivity (Wildman–Crippen MR) is 60.2 cm³/mol. The molecule has 0 aromatic heterocycles. The Morgan fingerprint density at radius 2 is 1.94 bits per heavy atom. The number of benzene rings is 1. The first-order valence-corrected chi connectivity index (χ1v) is 5.24. The van der Waals surface area contributed by atoms with E-state index in [-0.39, 0.29) is 5.91 Å². The highest BCUT2D eigenvalue weighted by atomic mass is 16.4. The van der Waals surface area contributed by atoms with Crippen molar-refractivity contribution in [2.45, 2.75) is 25.8 Å². The van der Waals surface area contributed by atoms with E-state index in [4.69, 9.17) is 5.11 Å². The second kappa shape index (κ2) is 5.90. The lowest BCUT2D eigenvalue weighted by Gasteiger charge is -2.13. The van der Waals surface area contributed by atoms with Crippen molar-refractivity contribution in [1.29, 1.82) is 0 Å². The van der Waals surface area contributed by atoms with E-state index < -0.39 is 12.0 Å². The van der Waals surface area contributed by atoms with E-state index in [1.807, 2.05) is 6.92 Å². The zero-order valence-corrected chi connectivity index (χ0v) is 9.14. The number of carboxylic acids is 1. The summed E-state index contributed by atoms with van der Waals surface area (Å²) in [4.78, 5) is 22.5. The van der Waals surface area contributed by atoms with Crippen LogP contribution in [0.2, 0.25) is 0 Å². The van der Waals surface area contributed by atoms with Crippen molar-refractivity contribution in [1.82, 2.24) is 5.32 Å². The Morgan fingerprint density at radius 1 is 1.31 bits per heavy atom. The quantitative estimate of drug-likeness (QED) is 0.794. The van der Waals surface area contributed by atoms with Gasteiger partial charge in [0.1, 0.15) is 6.04 Å². The van der Waals surface area contributed by atoms with E-state index in [2.05, 4.69) is 5.32 Å². The molecule has 0 heterocycles. The van der Waals surface area contributed by atoms with Gasteiger partial charge in [-0.15, -0.1) is 0 Å². The van der Waals surface area contributed by atoms with Gasteiger partial charge in [-0.25, -0.2) is 4.79 Å². The minimum absolute atomic E-state index is 0.346. The molecule has 4 nitrogen and oxygen atoms in total. The van der Waals surface area contributed by atoms with Crippen LogP contribution < -0.4 is 5.32 Å². The van der Waals surface area contributed by atoms with Gasteiger partial charge in [-0.05, 0) is 18.6 Å². The first kappa shape index (κ1) is 12.2. The van der Waals surface area contributed by atoms with Crippen molar-refractivity contribution >= 4 is 11.9 Å². The number of carboxylic acid groups (broad SMARTS) is 1. The Labute approximate surface area is 94.3 Å². The maximum atomic E-state index is 11.7. The average molecular weight is 221 g/mol. The van der Waals surface area contributed by atoms with Crippen LogP contribution in [-0.4, -0.2) is 23.0 Å². The highest BCUT2D eigenvalue weighted by molar-refractivity contribution is 5.96. The first-order valence-electron chi connectivity index (χ1n) is 5.24. The minimum Gasteiger partial charge on any atom is -0.480 e. The van der Waals surface area contributed by atoms with E-state index in [0.29, 0.717) is 18.4 Å². The molecule has 1 aromatic rings. The number of rotatable bonds is 5. The van der Waals surface area contributed by atoms with E-state index in [0.717, 1.165) is 0 Å². The van der Waals surface area contributed by atoms with E-state index >= 15 is 0 Å². The fourth-order valence-electron chi connectivity index (χ4n) is 1.38. The number of hydrogen-bond donors (Lipinski definition) is 2. The van der Waals surface area contributed by atoms with Crippen LogP contribution >= 0.6 is 0 Å². The lowest BCUT2D eigenvalue weighted by Crippen LogP contribution is -2.40. The first-order chi connectivity index (χ1) is 7.65. The van der Waals surface area contributed by atoms with Crippen LogP contribution in [-0.2, 0) is 4.79 Å². The molecule has 1 rings (SSSR count). The van der Waals surface area contributed by atoms with Crippen LogP contribution in [0.15, 0.2) is 30.3 Å². The lowest BCUT2D eigenvalue weighted by atomic mass is 10.1. The van der Waals surface area contributed by atoms with Gasteiger partial charge in [0.2, 0.25) is 0 Å². The molecule has 0 aliphatic heterocycles. The van der Waals surface area contributed by atoms with Gasteiger partial charge in [0.15, 0.2) is 0 Å². The van der Waals surface area contributed by atoms with Gasteiger partial charge in [-0.3, -0.25) is 4.79 Å². The zero-order valence-electron chi connectivity index (χ0n) is 9.14. The minimum atomic E-state index is -0.994. The van der Waals surface area contributed by atoms with E-state index in [1.165, 1.54) is 0 Å². The monoisotopic (exact) mass is 221 g/mol. The molecule has 0 spiro atoms. The van der Waals surface area contributed by atoms with Crippen molar-refractivity contribution in [2.75, 3.05) is 0 Å². The molecule has 1 aromatic carbocycles. The van der Waals surface area contributed by atoms with E-state index in [1.54, 1.807) is 30.3 Å². The van der Waals surface area contributed by atoms with Crippen LogP contribution in [0.5, 0.6) is 0 Å². The largest absolute Gasteiger partial charge is 0.480 e. The highest BCUT2D eigenvalue weighted by Gasteiger charge is 2.19. The van der Waals surface area contributed by atoms with Crippen molar-refractivity contribution in [3.05, 3.63) is 35.9 Å². The molecule has 4 heteroatoms. The summed E-state index contributed by atoms with van der Waals surface area (Å²) in [6.07, 6.45) is 1.15. The van der Waals surface area contributed by atoms with Crippen LogP contribution in [0.3, 0.4) is 0 Å². The van der Waals surface area contributed by atoms with Crippen LogP contribution in [0.1, 0.15) is 30.1 Å². The highest BCUT2D eigenvalue weighted by Crippen LogP contribution is 2.02. The van der Waals surface area contributed by atoms with Crippen molar-refractivity contribution < 1.29 is 14.7 Å². The standard InChI is InChI=1S/C12H15NO3/c1-2-6-10(12(15)16)13-11(14)9-7-4-3-5-8-9/h3-5,7-8,10H,2,6H2,1H3,(H,13,14)(H,15,16). The average Bonchev–Trinajstić information content (AvgIpc) is 2.29. The summed E-state index contributed by atoms with van der Waals surface area (Å²) in [6.45, 7) is 1.88. The topological polar surface area (TPSA) is 66.4 Å². The van der Waals surface area contributed by atoms with E-state index in [9.17, 15) is 9.59 Å². The van der Waals surface area contributed by atoms with Crippen LogP contribution in [0.4, 0.5) is 0 Å². The van der Waals surface area contributed by atoms with Crippen LogP contribution in [0, 0.1) is 0 Å². The summed E-state index contributed by atoms with van der Waals surface area (Å²) in [5.74, 6) is -1.34. The molecule has 86 valence electrons. The molecule has 0 saturated carbocycles. The summed E-state index contributed by atoms with van der Waals surface area (Å²) < 4.78 is 0. The zero-order chi connectivity index (χ0) is 12.0. The summed E-state index contributed by atoms with van der Waals surface area (Å²) >= 11 is 0. The normalized spacial score (nSPS) is 11.8. The number of aliphatic carboxylic acids is 1. The third kappa shape index (κ3) is 3.38. The molecule has 16 heavy (non-hydrogen) atoms. The van der Waals surface area contributed by atoms with Gasteiger partial charge in [0.05, 0.1) is 0 Å². The Kier molecular flexibility index (Phi) is 4.51. The number of amides is 1. The lowest BCUT2D eigenvalue weighted by molar-refractivity contribution is -0.139. The van der Waals surface area contributed by atoms with Crippen molar-refractivity contribution in [3.8, 4) is 0 Å². The maximum absolute atomic E-state index is 11.7. The Hall–Kier alpha value is -1.84.